The molecule has 1 unspecified atom stereocenters. The Labute approximate surface area is 128 Å². The van der Waals surface area contributed by atoms with Gasteiger partial charge in [0, 0.05) is 19.7 Å². The highest BCUT2D eigenvalue weighted by atomic mass is 35.5. The highest BCUT2D eigenvalue weighted by Crippen LogP contribution is 2.07. The Kier molecular flexibility index (Phi) is 6.97. The van der Waals surface area contributed by atoms with Crippen molar-refractivity contribution in [2.24, 2.45) is 5.92 Å². The zero-order valence-corrected chi connectivity index (χ0v) is 12.5. The first-order valence-electron chi connectivity index (χ1n) is 6.48. The van der Waals surface area contributed by atoms with Gasteiger partial charge in [-0.1, -0.05) is 5.16 Å². The average molecular weight is 319 g/mol. The third-order valence-electron chi connectivity index (χ3n) is 3.06. The van der Waals surface area contributed by atoms with E-state index in [4.69, 9.17) is 9.26 Å². The SMILES string of the molecule is CNC(=O)c1cc(COC(=O)NCC2CCNC2)on1.Cl. The second-order valence-corrected chi connectivity index (χ2v) is 4.57. The van der Waals surface area contributed by atoms with E-state index in [0.29, 0.717) is 18.2 Å². The molecule has 3 N–H and O–H groups in total. The lowest BCUT2D eigenvalue weighted by Crippen LogP contribution is -2.30. The van der Waals surface area contributed by atoms with E-state index in [1.54, 1.807) is 0 Å². The maximum Gasteiger partial charge on any atom is 0.407 e. The Morgan fingerprint density at radius 3 is 3.05 bits per heavy atom. The number of hydrogen-bond donors (Lipinski definition) is 3. The van der Waals surface area contributed by atoms with Crippen LogP contribution < -0.4 is 16.0 Å². The quantitative estimate of drug-likeness (QED) is 0.720. The van der Waals surface area contributed by atoms with Crippen LogP contribution in [0.3, 0.4) is 0 Å². The first-order valence-corrected chi connectivity index (χ1v) is 6.48. The predicted molar refractivity (Wildman–Crippen MR) is 76.3 cm³/mol. The van der Waals surface area contributed by atoms with Crippen LogP contribution in [0.2, 0.25) is 0 Å². The van der Waals surface area contributed by atoms with Crippen LogP contribution in [0.4, 0.5) is 4.79 Å². The normalized spacial score (nSPS) is 16.9. The molecule has 1 aromatic heterocycles. The van der Waals surface area contributed by atoms with Gasteiger partial charge in [-0.2, -0.15) is 0 Å². The fourth-order valence-electron chi connectivity index (χ4n) is 1.92. The Bertz CT molecular complexity index is 474. The molecule has 1 fully saturated rings. The van der Waals surface area contributed by atoms with Crippen molar-refractivity contribution in [3.63, 3.8) is 0 Å². The minimum absolute atomic E-state index is 0. The molecule has 0 saturated carbocycles. The molecule has 0 spiro atoms. The molecule has 9 heteroatoms. The largest absolute Gasteiger partial charge is 0.441 e. The predicted octanol–water partition coefficient (Wildman–Crippen LogP) is 0.292. The second kappa shape index (κ2) is 8.48. The summed E-state index contributed by atoms with van der Waals surface area (Å²) in [6.45, 7) is 2.43. The van der Waals surface area contributed by atoms with E-state index in [0.717, 1.165) is 19.5 Å². The van der Waals surface area contributed by atoms with Crippen molar-refractivity contribution < 1.29 is 18.8 Å². The van der Waals surface area contributed by atoms with Crippen LogP contribution in [-0.2, 0) is 11.3 Å². The molecule has 1 aliphatic heterocycles. The molecule has 1 atom stereocenters. The van der Waals surface area contributed by atoms with E-state index in [2.05, 4.69) is 21.1 Å². The van der Waals surface area contributed by atoms with Crippen molar-refractivity contribution >= 4 is 24.4 Å². The van der Waals surface area contributed by atoms with Gasteiger partial charge in [-0.3, -0.25) is 4.79 Å². The fourth-order valence-corrected chi connectivity index (χ4v) is 1.92. The molecule has 2 heterocycles. The molecule has 21 heavy (non-hydrogen) atoms. The zero-order valence-electron chi connectivity index (χ0n) is 11.7. The minimum Gasteiger partial charge on any atom is -0.441 e. The number of rotatable bonds is 5. The van der Waals surface area contributed by atoms with Gasteiger partial charge in [-0.25, -0.2) is 4.79 Å². The summed E-state index contributed by atoms with van der Waals surface area (Å²) in [5.41, 5.74) is 0.156. The zero-order chi connectivity index (χ0) is 14.4. The third-order valence-corrected chi connectivity index (χ3v) is 3.06. The molecule has 2 rings (SSSR count). The van der Waals surface area contributed by atoms with Gasteiger partial charge >= 0.3 is 6.09 Å². The van der Waals surface area contributed by atoms with Crippen LogP contribution in [0.15, 0.2) is 10.6 Å². The average Bonchev–Trinajstić information content (AvgIpc) is 3.13. The van der Waals surface area contributed by atoms with Gasteiger partial charge in [-0.15, -0.1) is 12.4 Å². The first kappa shape index (κ1) is 17.3. The summed E-state index contributed by atoms with van der Waals surface area (Å²) in [7, 11) is 1.50. The molecule has 8 nitrogen and oxygen atoms in total. The first-order chi connectivity index (χ1) is 9.69. The van der Waals surface area contributed by atoms with Gasteiger partial charge in [0.1, 0.15) is 0 Å². The number of halogens is 1. The highest BCUT2D eigenvalue weighted by molar-refractivity contribution is 5.91. The molecular formula is C12H19ClN4O4. The van der Waals surface area contributed by atoms with Crippen molar-refractivity contribution in [2.45, 2.75) is 13.0 Å². The molecule has 0 radical (unpaired) electrons. The lowest BCUT2D eigenvalue weighted by atomic mass is 10.1. The monoisotopic (exact) mass is 318 g/mol. The molecule has 0 aromatic carbocycles. The van der Waals surface area contributed by atoms with Crippen LogP contribution in [0.5, 0.6) is 0 Å². The maximum absolute atomic E-state index is 11.5. The number of nitrogens with one attached hydrogen (secondary N) is 3. The summed E-state index contributed by atoms with van der Waals surface area (Å²) in [5.74, 6) is 0.423. The summed E-state index contributed by atoms with van der Waals surface area (Å²) in [6, 6.07) is 1.44. The summed E-state index contributed by atoms with van der Waals surface area (Å²) >= 11 is 0. The Morgan fingerprint density at radius 1 is 1.57 bits per heavy atom. The van der Waals surface area contributed by atoms with Gasteiger partial charge in [-0.05, 0) is 25.4 Å². The highest BCUT2D eigenvalue weighted by Gasteiger charge is 2.16. The van der Waals surface area contributed by atoms with E-state index in [9.17, 15) is 9.59 Å². The van der Waals surface area contributed by atoms with Crippen molar-refractivity contribution in [1.29, 1.82) is 0 Å². The Balaban J connectivity index is 0.00000220. The van der Waals surface area contributed by atoms with E-state index < -0.39 is 6.09 Å². The molecule has 1 saturated heterocycles. The fraction of sp³-hybridized carbons (Fsp3) is 0.583. The summed E-state index contributed by atoms with van der Waals surface area (Å²) < 4.78 is 9.87. The van der Waals surface area contributed by atoms with E-state index >= 15 is 0 Å². The molecule has 1 aliphatic rings. The van der Waals surface area contributed by atoms with Crippen LogP contribution in [0.1, 0.15) is 22.7 Å². The van der Waals surface area contributed by atoms with Crippen LogP contribution in [0, 0.1) is 5.92 Å². The molecular weight excluding hydrogens is 300 g/mol. The standard InChI is InChI=1S/C12H18N4O4.ClH/c1-13-11(17)10-4-9(20-16-10)7-19-12(18)15-6-8-2-3-14-5-8;/h4,8,14H,2-3,5-7H2,1H3,(H,13,17)(H,15,18);1H. The number of amides is 2. The topological polar surface area (TPSA) is 105 Å². The van der Waals surface area contributed by atoms with E-state index in [1.165, 1.54) is 13.1 Å². The Morgan fingerprint density at radius 2 is 2.38 bits per heavy atom. The molecule has 0 aliphatic carbocycles. The number of hydrogen-bond acceptors (Lipinski definition) is 6. The lowest BCUT2D eigenvalue weighted by Gasteiger charge is -2.09. The van der Waals surface area contributed by atoms with Crippen LogP contribution >= 0.6 is 12.4 Å². The van der Waals surface area contributed by atoms with E-state index in [1.807, 2.05) is 0 Å². The van der Waals surface area contributed by atoms with Crippen molar-refractivity contribution in [2.75, 3.05) is 26.7 Å². The van der Waals surface area contributed by atoms with E-state index in [-0.39, 0.29) is 30.6 Å². The number of carbonyl (C=O) groups is 2. The minimum atomic E-state index is -0.505. The molecule has 0 bridgehead atoms. The Hall–Kier alpha value is -1.80. The smallest absolute Gasteiger partial charge is 0.407 e. The summed E-state index contributed by atoms with van der Waals surface area (Å²) in [6.07, 6.45) is 0.549. The molecule has 118 valence electrons. The molecule has 1 aromatic rings. The number of nitrogens with zero attached hydrogens (tertiary/aromatic N) is 1. The maximum atomic E-state index is 11.5. The number of aromatic nitrogens is 1. The third kappa shape index (κ3) is 5.24. The second-order valence-electron chi connectivity index (χ2n) is 4.57. The number of carbonyl (C=O) groups excluding carboxylic acids is 2. The lowest BCUT2D eigenvalue weighted by molar-refractivity contribution is 0.0952. The van der Waals surface area contributed by atoms with Crippen LogP contribution in [-0.4, -0.2) is 43.8 Å². The number of alkyl carbamates (subject to hydrolysis) is 1. The summed E-state index contributed by atoms with van der Waals surface area (Å²) in [4.78, 5) is 22.7. The van der Waals surface area contributed by atoms with Gasteiger partial charge in [0.25, 0.3) is 5.91 Å². The van der Waals surface area contributed by atoms with Crippen LogP contribution in [0.25, 0.3) is 0 Å². The number of ether oxygens (including phenoxy) is 1. The van der Waals surface area contributed by atoms with Gasteiger partial charge in [0.15, 0.2) is 18.1 Å². The van der Waals surface area contributed by atoms with Crippen molar-refractivity contribution in [3.8, 4) is 0 Å². The van der Waals surface area contributed by atoms with Crippen molar-refractivity contribution in [3.05, 3.63) is 17.5 Å². The van der Waals surface area contributed by atoms with Gasteiger partial charge in [0.2, 0.25) is 0 Å². The van der Waals surface area contributed by atoms with Gasteiger partial charge < -0.3 is 25.2 Å². The molecule has 2 amide bonds. The van der Waals surface area contributed by atoms with Crippen molar-refractivity contribution in [1.82, 2.24) is 21.1 Å². The van der Waals surface area contributed by atoms with Gasteiger partial charge in [0.05, 0.1) is 0 Å². The summed E-state index contributed by atoms with van der Waals surface area (Å²) in [5, 5.41) is 11.9.